The summed E-state index contributed by atoms with van der Waals surface area (Å²) in [4.78, 5) is 25.0. The number of carbonyl (C=O) groups is 2. The summed E-state index contributed by atoms with van der Waals surface area (Å²) in [5.74, 6) is 0.303. The zero-order valence-electron chi connectivity index (χ0n) is 14.5. The van der Waals surface area contributed by atoms with Gasteiger partial charge in [0.1, 0.15) is 0 Å². The summed E-state index contributed by atoms with van der Waals surface area (Å²) in [6.07, 6.45) is 2.20. The lowest BCUT2D eigenvalue weighted by Gasteiger charge is -2.29. The third-order valence-corrected chi connectivity index (χ3v) is 5.40. The van der Waals surface area contributed by atoms with Crippen LogP contribution >= 0.6 is 23.7 Å². The van der Waals surface area contributed by atoms with E-state index in [1.165, 1.54) is 11.3 Å². The summed E-state index contributed by atoms with van der Waals surface area (Å²) in [7, 11) is 0. The normalized spacial score (nSPS) is 15.3. The van der Waals surface area contributed by atoms with E-state index in [2.05, 4.69) is 16.0 Å². The number of rotatable bonds is 6. The first-order valence-corrected chi connectivity index (χ1v) is 9.07. The number of para-hydroxylation sites is 1. The van der Waals surface area contributed by atoms with Gasteiger partial charge in [-0.05, 0) is 49.9 Å². The molecule has 0 aliphatic heterocycles. The molecule has 3 rings (SSSR count). The molecule has 5 N–H and O–H groups in total. The van der Waals surface area contributed by atoms with Gasteiger partial charge in [-0.3, -0.25) is 10.1 Å². The van der Waals surface area contributed by atoms with Crippen molar-refractivity contribution in [1.29, 1.82) is 0 Å². The van der Waals surface area contributed by atoms with Crippen molar-refractivity contribution in [2.45, 2.75) is 25.3 Å². The van der Waals surface area contributed by atoms with Crippen molar-refractivity contribution in [3.8, 4) is 0 Å². The number of urea groups is 1. The molecule has 1 fully saturated rings. The van der Waals surface area contributed by atoms with Crippen LogP contribution in [0.15, 0.2) is 42.5 Å². The van der Waals surface area contributed by atoms with Gasteiger partial charge in [-0.2, -0.15) is 0 Å². The van der Waals surface area contributed by atoms with Crippen molar-refractivity contribution in [3.05, 3.63) is 47.3 Å². The average Bonchev–Trinajstić information content (AvgIpc) is 3.36. The van der Waals surface area contributed by atoms with Gasteiger partial charge >= 0.3 is 6.03 Å². The van der Waals surface area contributed by atoms with Crippen molar-refractivity contribution in [1.82, 2.24) is 5.32 Å². The van der Waals surface area contributed by atoms with Crippen LogP contribution in [0.1, 0.15) is 29.4 Å². The van der Waals surface area contributed by atoms with Crippen LogP contribution in [0.25, 0.3) is 0 Å². The third kappa shape index (κ3) is 4.97. The van der Waals surface area contributed by atoms with E-state index < -0.39 is 0 Å². The maximum atomic E-state index is 12.5. The van der Waals surface area contributed by atoms with Crippen LogP contribution in [0.2, 0.25) is 0 Å². The predicted octanol–water partition coefficient (Wildman–Crippen LogP) is 3.67. The van der Waals surface area contributed by atoms with Gasteiger partial charge in [0.25, 0.3) is 5.91 Å². The molecule has 0 saturated heterocycles. The van der Waals surface area contributed by atoms with Crippen molar-refractivity contribution >= 4 is 46.4 Å². The standard InChI is InChI=1S/C18H22N4O2S.ClH/c1-18(11-19,12-7-8-12)22-16(23)14-9-10-15(25-14)21-17(24)20-13-5-3-2-4-6-13;/h2-6,9-10,12H,7-8,11,19H2,1H3,(H,22,23)(H2,20,21,24);1H. The van der Waals surface area contributed by atoms with Gasteiger partial charge in [0, 0.05) is 12.2 Å². The summed E-state index contributed by atoms with van der Waals surface area (Å²) in [5.41, 5.74) is 6.19. The predicted molar refractivity (Wildman–Crippen MR) is 108 cm³/mol. The number of halogens is 1. The minimum atomic E-state index is -0.362. The number of hydrogen-bond donors (Lipinski definition) is 4. The molecular weight excluding hydrogens is 372 g/mol. The van der Waals surface area contributed by atoms with Crippen molar-refractivity contribution in [2.75, 3.05) is 17.2 Å². The lowest BCUT2D eigenvalue weighted by atomic mass is 9.96. The third-order valence-electron chi connectivity index (χ3n) is 4.40. The summed E-state index contributed by atoms with van der Waals surface area (Å²) in [5, 5.41) is 9.14. The highest BCUT2D eigenvalue weighted by molar-refractivity contribution is 7.18. The van der Waals surface area contributed by atoms with Crippen LogP contribution in [0, 0.1) is 5.92 Å². The Morgan fingerprint density at radius 1 is 1.15 bits per heavy atom. The summed E-state index contributed by atoms with van der Waals surface area (Å²) >= 11 is 1.24. The number of thiophene rings is 1. The molecule has 1 aliphatic carbocycles. The minimum absolute atomic E-state index is 0. The second kappa shape index (κ2) is 8.53. The Hall–Kier alpha value is -2.09. The molecule has 0 radical (unpaired) electrons. The number of nitrogens with two attached hydrogens (primary N) is 1. The van der Waals surface area contributed by atoms with E-state index in [0.717, 1.165) is 12.8 Å². The van der Waals surface area contributed by atoms with Crippen LogP contribution in [-0.2, 0) is 0 Å². The molecule has 0 bridgehead atoms. The monoisotopic (exact) mass is 394 g/mol. The maximum Gasteiger partial charge on any atom is 0.324 e. The number of benzene rings is 1. The Kier molecular flexibility index (Phi) is 6.63. The minimum Gasteiger partial charge on any atom is -0.345 e. The molecule has 1 heterocycles. The van der Waals surface area contributed by atoms with Crippen LogP contribution in [0.3, 0.4) is 0 Å². The Labute approximate surface area is 163 Å². The lowest BCUT2D eigenvalue weighted by molar-refractivity contribution is 0.0902. The molecule has 1 aliphatic rings. The first-order valence-electron chi connectivity index (χ1n) is 8.25. The van der Waals surface area contributed by atoms with Gasteiger partial charge in [0.05, 0.1) is 15.4 Å². The van der Waals surface area contributed by atoms with Crippen molar-refractivity contribution < 1.29 is 9.59 Å². The molecule has 6 nitrogen and oxygen atoms in total. The highest BCUT2D eigenvalue weighted by Gasteiger charge is 2.41. The highest BCUT2D eigenvalue weighted by atomic mass is 35.5. The van der Waals surface area contributed by atoms with E-state index in [9.17, 15) is 9.59 Å². The van der Waals surface area contributed by atoms with Gasteiger partial charge in [-0.15, -0.1) is 23.7 Å². The van der Waals surface area contributed by atoms with Gasteiger partial charge in [-0.1, -0.05) is 18.2 Å². The van der Waals surface area contributed by atoms with E-state index in [0.29, 0.717) is 28.0 Å². The van der Waals surface area contributed by atoms with E-state index in [4.69, 9.17) is 5.73 Å². The number of anilines is 2. The zero-order chi connectivity index (χ0) is 17.9. The van der Waals surface area contributed by atoms with E-state index in [-0.39, 0.29) is 29.9 Å². The smallest absolute Gasteiger partial charge is 0.324 e. The number of nitrogens with one attached hydrogen (secondary N) is 3. The lowest BCUT2D eigenvalue weighted by Crippen LogP contribution is -2.53. The molecule has 2 aromatic rings. The largest absolute Gasteiger partial charge is 0.345 e. The molecule has 1 aromatic heterocycles. The summed E-state index contributed by atoms with van der Waals surface area (Å²) in [6.45, 7) is 2.40. The highest BCUT2D eigenvalue weighted by Crippen LogP contribution is 2.39. The fourth-order valence-electron chi connectivity index (χ4n) is 2.68. The van der Waals surface area contributed by atoms with Crippen molar-refractivity contribution in [2.24, 2.45) is 11.7 Å². The van der Waals surface area contributed by atoms with E-state index in [1.807, 2.05) is 25.1 Å². The second-order valence-electron chi connectivity index (χ2n) is 6.46. The summed E-state index contributed by atoms with van der Waals surface area (Å²) < 4.78 is 0. The Morgan fingerprint density at radius 3 is 2.46 bits per heavy atom. The van der Waals surface area contributed by atoms with Crippen LogP contribution < -0.4 is 21.7 Å². The van der Waals surface area contributed by atoms with Crippen LogP contribution in [0.4, 0.5) is 15.5 Å². The molecular formula is C18H23ClN4O2S. The Morgan fingerprint density at radius 2 is 1.85 bits per heavy atom. The maximum absolute atomic E-state index is 12.5. The molecule has 3 amide bonds. The molecule has 1 unspecified atom stereocenters. The summed E-state index contributed by atoms with van der Waals surface area (Å²) in [6, 6.07) is 12.3. The molecule has 26 heavy (non-hydrogen) atoms. The number of amides is 3. The van der Waals surface area contributed by atoms with E-state index in [1.54, 1.807) is 24.3 Å². The Bertz CT molecular complexity index is 764. The van der Waals surface area contributed by atoms with Crippen LogP contribution in [-0.4, -0.2) is 24.0 Å². The molecule has 1 aromatic carbocycles. The molecule has 0 spiro atoms. The SMILES string of the molecule is CC(CN)(NC(=O)c1ccc(NC(=O)Nc2ccccc2)s1)C1CC1.Cl. The first-order chi connectivity index (χ1) is 12.0. The van der Waals surface area contributed by atoms with Gasteiger partial charge < -0.3 is 16.4 Å². The second-order valence-corrected chi connectivity index (χ2v) is 7.54. The fourth-order valence-corrected chi connectivity index (χ4v) is 3.48. The van der Waals surface area contributed by atoms with Crippen molar-refractivity contribution in [3.63, 3.8) is 0 Å². The first kappa shape index (κ1) is 20.2. The molecule has 1 saturated carbocycles. The quantitative estimate of drug-likeness (QED) is 0.601. The number of hydrogen-bond acceptors (Lipinski definition) is 4. The molecule has 8 heteroatoms. The van der Waals surface area contributed by atoms with Crippen LogP contribution in [0.5, 0.6) is 0 Å². The number of carbonyl (C=O) groups excluding carboxylic acids is 2. The van der Waals surface area contributed by atoms with Gasteiger partial charge in [0.2, 0.25) is 0 Å². The molecule has 1 atom stereocenters. The van der Waals surface area contributed by atoms with Gasteiger partial charge in [0.15, 0.2) is 0 Å². The average molecular weight is 395 g/mol. The topological polar surface area (TPSA) is 96.2 Å². The Balaban J connectivity index is 0.00000243. The fraction of sp³-hybridized carbons (Fsp3) is 0.333. The molecule has 140 valence electrons. The van der Waals surface area contributed by atoms with Gasteiger partial charge in [-0.25, -0.2) is 4.79 Å². The zero-order valence-corrected chi connectivity index (χ0v) is 16.1. The van der Waals surface area contributed by atoms with E-state index >= 15 is 0 Å².